The Kier molecular flexibility index (Phi) is 2.72. The van der Waals surface area contributed by atoms with Gasteiger partial charge in [-0.2, -0.15) is 0 Å². The van der Waals surface area contributed by atoms with Crippen molar-refractivity contribution < 1.29 is 9.90 Å². The molecule has 2 aliphatic rings. The molecule has 108 valence electrons. The van der Waals surface area contributed by atoms with Crippen molar-refractivity contribution in [3.05, 3.63) is 36.3 Å². The second kappa shape index (κ2) is 4.49. The number of carbonyl (C=O) groups is 1. The zero-order valence-corrected chi connectivity index (χ0v) is 11.7. The zero-order chi connectivity index (χ0) is 14.4. The molecule has 0 radical (unpaired) electrons. The maximum Gasteiger partial charge on any atom is 0.254 e. The van der Waals surface area contributed by atoms with E-state index in [1.54, 1.807) is 35.6 Å². The summed E-state index contributed by atoms with van der Waals surface area (Å²) in [5, 5.41) is 11.4. The fourth-order valence-electron chi connectivity index (χ4n) is 3.29. The summed E-state index contributed by atoms with van der Waals surface area (Å²) in [5.74, 6) is 0.345. The first-order chi connectivity index (χ1) is 10.2. The van der Waals surface area contributed by atoms with Gasteiger partial charge in [0.15, 0.2) is 0 Å². The first kappa shape index (κ1) is 12.7. The molecule has 4 rings (SSSR count). The number of amides is 1. The number of likely N-dealkylation sites (tertiary alicyclic amines) is 1. The Morgan fingerprint density at radius 1 is 1.33 bits per heavy atom. The lowest BCUT2D eigenvalue weighted by molar-refractivity contribution is 0.0257. The SMILES string of the molecule is O=C(c1ccnc2ccncc12)N1CCC(O)(C2CC2)C1. The van der Waals surface area contributed by atoms with Crippen molar-refractivity contribution >= 4 is 16.8 Å². The number of pyridine rings is 2. The topological polar surface area (TPSA) is 66.3 Å². The number of aliphatic hydroxyl groups is 1. The summed E-state index contributed by atoms with van der Waals surface area (Å²) in [6.45, 7) is 1.07. The van der Waals surface area contributed by atoms with Crippen molar-refractivity contribution in [1.29, 1.82) is 0 Å². The molecule has 5 nitrogen and oxygen atoms in total. The third kappa shape index (κ3) is 2.08. The molecule has 0 spiro atoms. The Morgan fingerprint density at radius 3 is 3.00 bits per heavy atom. The van der Waals surface area contributed by atoms with E-state index in [-0.39, 0.29) is 5.91 Å². The molecule has 0 aromatic carbocycles. The summed E-state index contributed by atoms with van der Waals surface area (Å²) in [7, 11) is 0. The minimum absolute atomic E-state index is 0.0352. The Hall–Kier alpha value is -2.01. The van der Waals surface area contributed by atoms with Gasteiger partial charge in [-0.05, 0) is 37.3 Å². The largest absolute Gasteiger partial charge is 0.388 e. The molecule has 1 atom stereocenters. The average molecular weight is 283 g/mol. The van der Waals surface area contributed by atoms with Gasteiger partial charge in [-0.15, -0.1) is 0 Å². The van der Waals surface area contributed by atoms with Crippen molar-refractivity contribution in [2.45, 2.75) is 24.9 Å². The Bertz CT molecular complexity index is 708. The highest BCUT2D eigenvalue weighted by Crippen LogP contribution is 2.44. The molecule has 21 heavy (non-hydrogen) atoms. The van der Waals surface area contributed by atoms with Crippen LogP contribution in [0.1, 0.15) is 29.6 Å². The molecule has 1 unspecified atom stereocenters. The van der Waals surface area contributed by atoms with Gasteiger partial charge in [0.05, 0.1) is 23.2 Å². The summed E-state index contributed by atoms with van der Waals surface area (Å²) >= 11 is 0. The lowest BCUT2D eigenvalue weighted by atomic mass is 9.97. The molecule has 5 heteroatoms. The standard InChI is InChI=1S/C16H17N3O2/c20-15(19-8-5-16(21,10-19)11-1-2-11)12-3-7-18-14-4-6-17-9-13(12)14/h3-4,6-7,9,11,21H,1-2,5,8,10H2. The lowest BCUT2D eigenvalue weighted by Gasteiger charge is -2.23. The summed E-state index contributed by atoms with van der Waals surface area (Å²) in [6, 6.07) is 3.54. The van der Waals surface area contributed by atoms with Crippen LogP contribution in [0.2, 0.25) is 0 Å². The van der Waals surface area contributed by atoms with Crippen molar-refractivity contribution in [3.63, 3.8) is 0 Å². The van der Waals surface area contributed by atoms with E-state index in [9.17, 15) is 9.90 Å². The highest BCUT2D eigenvalue weighted by atomic mass is 16.3. The van der Waals surface area contributed by atoms with Crippen LogP contribution in [0.25, 0.3) is 10.9 Å². The normalized spacial score (nSPS) is 25.5. The van der Waals surface area contributed by atoms with E-state index in [1.165, 1.54) is 0 Å². The third-order valence-electron chi connectivity index (χ3n) is 4.68. The summed E-state index contributed by atoms with van der Waals surface area (Å²) < 4.78 is 0. The van der Waals surface area contributed by atoms with Crippen LogP contribution in [0.3, 0.4) is 0 Å². The number of aromatic nitrogens is 2. The molecule has 2 aromatic heterocycles. The first-order valence-corrected chi connectivity index (χ1v) is 7.38. The molecule has 1 saturated heterocycles. The summed E-state index contributed by atoms with van der Waals surface area (Å²) in [6.07, 6.45) is 7.86. The molecular weight excluding hydrogens is 266 g/mol. The van der Waals surface area contributed by atoms with Gasteiger partial charge >= 0.3 is 0 Å². The minimum Gasteiger partial charge on any atom is -0.388 e. The zero-order valence-electron chi connectivity index (χ0n) is 11.7. The van der Waals surface area contributed by atoms with E-state index in [4.69, 9.17) is 0 Å². The van der Waals surface area contributed by atoms with Crippen LogP contribution in [0.4, 0.5) is 0 Å². The molecule has 1 saturated carbocycles. The number of rotatable bonds is 2. The third-order valence-corrected chi connectivity index (χ3v) is 4.68. The Morgan fingerprint density at radius 2 is 2.19 bits per heavy atom. The van der Waals surface area contributed by atoms with Crippen molar-refractivity contribution in [1.82, 2.24) is 14.9 Å². The second-order valence-electron chi connectivity index (χ2n) is 6.11. The van der Waals surface area contributed by atoms with Gasteiger partial charge in [-0.1, -0.05) is 0 Å². The van der Waals surface area contributed by atoms with Crippen LogP contribution in [0.15, 0.2) is 30.7 Å². The fourth-order valence-corrected chi connectivity index (χ4v) is 3.29. The minimum atomic E-state index is -0.670. The van der Waals surface area contributed by atoms with Gasteiger partial charge in [0.2, 0.25) is 0 Å². The van der Waals surface area contributed by atoms with Crippen molar-refractivity contribution in [3.8, 4) is 0 Å². The van der Waals surface area contributed by atoms with Gasteiger partial charge < -0.3 is 10.0 Å². The lowest BCUT2D eigenvalue weighted by Crippen LogP contribution is -2.37. The highest BCUT2D eigenvalue weighted by molar-refractivity contribution is 6.05. The van der Waals surface area contributed by atoms with E-state index in [1.807, 2.05) is 0 Å². The van der Waals surface area contributed by atoms with E-state index in [2.05, 4.69) is 9.97 Å². The average Bonchev–Trinajstić information content (AvgIpc) is 3.30. The van der Waals surface area contributed by atoms with Gasteiger partial charge in [0.25, 0.3) is 5.91 Å². The molecule has 2 aromatic rings. The maximum atomic E-state index is 12.8. The highest BCUT2D eigenvalue weighted by Gasteiger charge is 2.49. The molecular formula is C16H17N3O2. The molecule has 0 bridgehead atoms. The Labute approximate surface area is 122 Å². The molecule has 1 amide bonds. The van der Waals surface area contributed by atoms with Crippen LogP contribution in [-0.2, 0) is 0 Å². The van der Waals surface area contributed by atoms with Gasteiger partial charge in [0, 0.05) is 30.5 Å². The Balaban J connectivity index is 1.65. The number of hydrogen-bond acceptors (Lipinski definition) is 4. The van der Waals surface area contributed by atoms with Crippen LogP contribution in [0.5, 0.6) is 0 Å². The van der Waals surface area contributed by atoms with Gasteiger partial charge in [-0.3, -0.25) is 14.8 Å². The van der Waals surface area contributed by atoms with E-state index < -0.39 is 5.60 Å². The molecule has 3 heterocycles. The molecule has 1 aliphatic carbocycles. The number of carbonyl (C=O) groups excluding carboxylic acids is 1. The smallest absolute Gasteiger partial charge is 0.254 e. The number of β-amino-alcohol motifs (C(OH)–C–C–N with tert-alkyl or cyclic N) is 1. The molecule has 1 aliphatic heterocycles. The number of hydrogen-bond donors (Lipinski definition) is 1. The summed E-state index contributed by atoms with van der Waals surface area (Å²) in [4.78, 5) is 22.9. The van der Waals surface area contributed by atoms with Crippen LogP contribution >= 0.6 is 0 Å². The predicted octanol–water partition coefficient (Wildman–Crippen LogP) is 1.62. The molecule has 2 fully saturated rings. The van der Waals surface area contributed by atoms with Crippen LogP contribution in [-0.4, -0.2) is 44.6 Å². The molecule has 1 N–H and O–H groups in total. The monoisotopic (exact) mass is 283 g/mol. The van der Waals surface area contributed by atoms with E-state index in [0.717, 1.165) is 23.7 Å². The van der Waals surface area contributed by atoms with Gasteiger partial charge in [0.1, 0.15) is 0 Å². The predicted molar refractivity (Wildman–Crippen MR) is 77.7 cm³/mol. The first-order valence-electron chi connectivity index (χ1n) is 7.38. The fraction of sp³-hybridized carbons (Fsp3) is 0.438. The van der Waals surface area contributed by atoms with Gasteiger partial charge in [-0.25, -0.2) is 0 Å². The number of fused-ring (bicyclic) bond motifs is 1. The summed E-state index contributed by atoms with van der Waals surface area (Å²) in [5.41, 5.74) is 0.720. The second-order valence-corrected chi connectivity index (χ2v) is 6.11. The number of nitrogens with zero attached hydrogens (tertiary/aromatic N) is 3. The van der Waals surface area contributed by atoms with Crippen molar-refractivity contribution in [2.24, 2.45) is 5.92 Å². The quantitative estimate of drug-likeness (QED) is 0.909. The maximum absolute atomic E-state index is 12.8. The van der Waals surface area contributed by atoms with E-state index >= 15 is 0 Å². The van der Waals surface area contributed by atoms with Crippen molar-refractivity contribution in [2.75, 3.05) is 13.1 Å². The van der Waals surface area contributed by atoms with E-state index in [0.29, 0.717) is 31.0 Å². The van der Waals surface area contributed by atoms with Crippen LogP contribution in [0, 0.1) is 5.92 Å². The van der Waals surface area contributed by atoms with Crippen LogP contribution < -0.4 is 0 Å².